The van der Waals surface area contributed by atoms with Crippen molar-refractivity contribution in [1.29, 1.82) is 0 Å². The highest BCUT2D eigenvalue weighted by Gasteiger charge is 2.18. The maximum absolute atomic E-state index is 12.5. The summed E-state index contributed by atoms with van der Waals surface area (Å²) in [7, 11) is 0. The summed E-state index contributed by atoms with van der Waals surface area (Å²) >= 11 is 0. The third-order valence-corrected chi connectivity index (χ3v) is 4.28. The van der Waals surface area contributed by atoms with Crippen LogP contribution in [0.25, 0.3) is 33.0 Å². The summed E-state index contributed by atoms with van der Waals surface area (Å²) in [5, 5.41) is 7.08. The maximum atomic E-state index is 12.5. The lowest BCUT2D eigenvalue weighted by molar-refractivity contribution is -0.115. The van der Waals surface area contributed by atoms with Gasteiger partial charge in [0.1, 0.15) is 0 Å². The SMILES string of the molecule is [N-]=[N+]=Nc1ccc(C=C2CCC(=Cc3ccc(N=[N+]=[N-])cc3)C(=O)C2)cc1. The molecule has 0 unspecified atom stereocenters. The number of hydrogen-bond donors (Lipinski definition) is 0. The lowest BCUT2D eigenvalue weighted by atomic mass is 9.87. The molecule has 7 nitrogen and oxygen atoms in total. The van der Waals surface area contributed by atoms with Crippen LogP contribution in [0.3, 0.4) is 0 Å². The lowest BCUT2D eigenvalue weighted by Crippen LogP contribution is -2.10. The molecule has 27 heavy (non-hydrogen) atoms. The number of carbonyl (C=O) groups excluding carboxylic acids is 1. The zero-order valence-corrected chi connectivity index (χ0v) is 14.5. The Morgan fingerprint density at radius 3 is 1.78 bits per heavy atom. The van der Waals surface area contributed by atoms with Gasteiger partial charge in [-0.3, -0.25) is 4.79 Å². The Kier molecular flexibility index (Phi) is 5.70. The van der Waals surface area contributed by atoms with Crippen LogP contribution in [0.2, 0.25) is 0 Å². The predicted molar refractivity (Wildman–Crippen MR) is 105 cm³/mol. The Balaban J connectivity index is 1.70. The molecule has 0 heterocycles. The fraction of sp³-hybridized carbons (Fsp3) is 0.150. The normalized spacial score (nSPS) is 16.7. The minimum Gasteiger partial charge on any atom is -0.294 e. The van der Waals surface area contributed by atoms with Gasteiger partial charge in [0.2, 0.25) is 0 Å². The highest BCUT2D eigenvalue weighted by Crippen LogP contribution is 2.29. The van der Waals surface area contributed by atoms with Crippen molar-refractivity contribution in [2.45, 2.75) is 19.3 Å². The van der Waals surface area contributed by atoms with Crippen LogP contribution in [0.1, 0.15) is 30.4 Å². The van der Waals surface area contributed by atoms with Crippen LogP contribution < -0.4 is 0 Å². The Morgan fingerprint density at radius 1 is 0.778 bits per heavy atom. The number of benzene rings is 2. The van der Waals surface area contributed by atoms with Crippen LogP contribution in [-0.2, 0) is 4.79 Å². The summed E-state index contributed by atoms with van der Waals surface area (Å²) in [6, 6.07) is 14.4. The minimum absolute atomic E-state index is 0.123. The predicted octanol–water partition coefficient (Wildman–Crippen LogP) is 6.79. The number of rotatable bonds is 4. The Labute approximate surface area is 155 Å². The topological polar surface area (TPSA) is 115 Å². The molecule has 0 radical (unpaired) electrons. The van der Waals surface area contributed by atoms with Gasteiger partial charge in [-0.05, 0) is 46.7 Å². The molecular weight excluding hydrogens is 340 g/mol. The van der Waals surface area contributed by atoms with E-state index in [1.165, 1.54) is 0 Å². The largest absolute Gasteiger partial charge is 0.294 e. The number of nitrogens with zero attached hydrogens (tertiary/aromatic N) is 6. The van der Waals surface area contributed by atoms with E-state index in [1.807, 2.05) is 36.4 Å². The molecule has 0 atom stereocenters. The average molecular weight is 356 g/mol. The molecule has 7 heteroatoms. The molecule has 0 aliphatic heterocycles. The molecule has 3 rings (SSSR count). The van der Waals surface area contributed by atoms with Gasteiger partial charge in [0.05, 0.1) is 0 Å². The summed E-state index contributed by atoms with van der Waals surface area (Å²) in [6.45, 7) is 0. The van der Waals surface area contributed by atoms with E-state index in [2.05, 4.69) is 20.1 Å². The second kappa shape index (κ2) is 8.54. The molecule has 1 aliphatic rings. The quantitative estimate of drug-likeness (QED) is 0.255. The lowest BCUT2D eigenvalue weighted by Gasteiger charge is -2.16. The summed E-state index contributed by atoms with van der Waals surface area (Å²) in [5.74, 6) is 0.123. The van der Waals surface area contributed by atoms with Crippen molar-refractivity contribution in [2.75, 3.05) is 0 Å². The Morgan fingerprint density at radius 2 is 1.30 bits per heavy atom. The van der Waals surface area contributed by atoms with E-state index in [1.54, 1.807) is 24.3 Å². The van der Waals surface area contributed by atoms with Gasteiger partial charge in [0, 0.05) is 27.6 Å². The fourth-order valence-corrected chi connectivity index (χ4v) is 2.93. The summed E-state index contributed by atoms with van der Waals surface area (Å²) in [5.41, 5.74) is 21.8. The highest BCUT2D eigenvalue weighted by molar-refractivity contribution is 6.02. The van der Waals surface area contributed by atoms with E-state index in [-0.39, 0.29) is 5.78 Å². The molecule has 0 bridgehead atoms. The first kappa shape index (κ1) is 18.0. The van der Waals surface area contributed by atoms with E-state index >= 15 is 0 Å². The molecule has 2 aromatic carbocycles. The molecule has 0 spiro atoms. The number of azide groups is 2. The van der Waals surface area contributed by atoms with Crippen molar-refractivity contribution in [3.05, 3.63) is 91.7 Å². The third-order valence-electron chi connectivity index (χ3n) is 4.28. The molecule has 2 aromatic rings. The summed E-state index contributed by atoms with van der Waals surface area (Å²) < 4.78 is 0. The Bertz CT molecular complexity index is 1010. The van der Waals surface area contributed by atoms with Crippen LogP contribution in [-0.4, -0.2) is 5.78 Å². The van der Waals surface area contributed by atoms with Crippen molar-refractivity contribution in [3.63, 3.8) is 0 Å². The average Bonchev–Trinajstić information content (AvgIpc) is 2.67. The van der Waals surface area contributed by atoms with Crippen LogP contribution in [0, 0.1) is 0 Å². The second-order valence-electron chi connectivity index (χ2n) is 6.13. The number of ketones is 1. The minimum atomic E-state index is 0.123. The molecule has 1 saturated carbocycles. The van der Waals surface area contributed by atoms with Gasteiger partial charge in [-0.25, -0.2) is 0 Å². The molecular formula is C20H16N6O. The van der Waals surface area contributed by atoms with Crippen molar-refractivity contribution in [1.82, 2.24) is 0 Å². The van der Waals surface area contributed by atoms with Crippen molar-refractivity contribution in [3.8, 4) is 0 Å². The molecule has 0 aromatic heterocycles. The van der Waals surface area contributed by atoms with Crippen LogP contribution >= 0.6 is 0 Å². The van der Waals surface area contributed by atoms with Crippen LogP contribution in [0.15, 0.2) is 69.9 Å². The van der Waals surface area contributed by atoms with Gasteiger partial charge in [-0.15, -0.1) is 0 Å². The second-order valence-corrected chi connectivity index (χ2v) is 6.13. The van der Waals surface area contributed by atoms with Gasteiger partial charge in [0.15, 0.2) is 5.78 Å². The van der Waals surface area contributed by atoms with Gasteiger partial charge in [0.25, 0.3) is 0 Å². The first-order valence-corrected chi connectivity index (χ1v) is 8.41. The summed E-state index contributed by atoms with van der Waals surface area (Å²) in [4.78, 5) is 18.0. The third kappa shape index (κ3) is 4.86. The maximum Gasteiger partial charge on any atom is 0.162 e. The van der Waals surface area contributed by atoms with E-state index in [4.69, 9.17) is 11.1 Å². The van der Waals surface area contributed by atoms with Crippen molar-refractivity contribution < 1.29 is 4.79 Å². The molecule has 1 aliphatic carbocycles. The molecule has 0 N–H and O–H groups in total. The first-order valence-electron chi connectivity index (χ1n) is 8.41. The van der Waals surface area contributed by atoms with Crippen molar-refractivity contribution in [2.24, 2.45) is 10.2 Å². The monoisotopic (exact) mass is 356 g/mol. The van der Waals surface area contributed by atoms with Crippen LogP contribution in [0.5, 0.6) is 0 Å². The van der Waals surface area contributed by atoms with Crippen LogP contribution in [0.4, 0.5) is 11.4 Å². The standard InChI is InChI=1S/C20H16N6O/c21-25-23-18-7-2-14(3-8-18)11-16-1-6-17(20(27)13-16)12-15-4-9-19(10-5-15)24-26-22/h2-5,7-12H,1,6,13H2. The van der Waals surface area contributed by atoms with E-state index in [0.717, 1.165) is 28.7 Å². The molecule has 0 amide bonds. The number of Topliss-reactive ketones (excluding diaryl/α,β-unsaturated/α-hetero) is 1. The zero-order chi connectivity index (χ0) is 19.1. The Hall–Kier alpha value is -3.79. The fourth-order valence-electron chi connectivity index (χ4n) is 2.93. The molecule has 0 saturated heterocycles. The van der Waals surface area contributed by atoms with Gasteiger partial charge in [-0.1, -0.05) is 70.4 Å². The number of allylic oxidation sites excluding steroid dienone is 2. The van der Waals surface area contributed by atoms with E-state index in [0.29, 0.717) is 24.2 Å². The smallest absolute Gasteiger partial charge is 0.162 e. The molecule has 1 fully saturated rings. The van der Waals surface area contributed by atoms with Gasteiger partial charge < -0.3 is 0 Å². The number of hydrogen-bond acceptors (Lipinski definition) is 3. The van der Waals surface area contributed by atoms with E-state index < -0.39 is 0 Å². The van der Waals surface area contributed by atoms with Gasteiger partial charge in [-0.2, -0.15) is 0 Å². The summed E-state index contributed by atoms with van der Waals surface area (Å²) in [6.07, 6.45) is 5.84. The zero-order valence-electron chi connectivity index (χ0n) is 14.5. The van der Waals surface area contributed by atoms with Crippen molar-refractivity contribution >= 4 is 29.3 Å². The number of carbonyl (C=O) groups is 1. The molecule has 132 valence electrons. The van der Waals surface area contributed by atoms with Gasteiger partial charge >= 0.3 is 0 Å². The first-order chi connectivity index (χ1) is 13.2. The van der Waals surface area contributed by atoms with E-state index in [9.17, 15) is 4.79 Å². The highest BCUT2D eigenvalue weighted by atomic mass is 16.1.